The van der Waals surface area contributed by atoms with Crippen molar-refractivity contribution >= 4 is 37.8 Å². The SMILES string of the molecule is CN(C(=O)c1ccc(Br)cc1Br)C1CCCNC1. The lowest BCUT2D eigenvalue weighted by Crippen LogP contribution is -2.46. The predicted octanol–water partition coefficient (Wildman–Crippen LogP) is 3.04. The van der Waals surface area contributed by atoms with Crippen LogP contribution in [0.1, 0.15) is 23.2 Å². The second-order valence-corrected chi connectivity index (χ2v) is 6.31. The molecule has 1 aromatic carbocycles. The molecule has 5 heteroatoms. The van der Waals surface area contributed by atoms with Crippen LogP contribution in [-0.4, -0.2) is 37.0 Å². The maximum atomic E-state index is 12.4. The summed E-state index contributed by atoms with van der Waals surface area (Å²) in [4.78, 5) is 14.3. The highest BCUT2D eigenvalue weighted by Crippen LogP contribution is 2.24. The van der Waals surface area contributed by atoms with E-state index in [2.05, 4.69) is 37.2 Å². The summed E-state index contributed by atoms with van der Waals surface area (Å²) in [6.07, 6.45) is 2.20. The van der Waals surface area contributed by atoms with Crippen LogP contribution in [-0.2, 0) is 0 Å². The summed E-state index contributed by atoms with van der Waals surface area (Å²) >= 11 is 6.84. The first-order chi connectivity index (χ1) is 8.59. The Bertz CT molecular complexity index is 445. The third-order valence-corrected chi connectivity index (χ3v) is 4.45. The Morgan fingerprint density at radius 1 is 1.44 bits per heavy atom. The molecule has 0 saturated carbocycles. The van der Waals surface area contributed by atoms with Crippen molar-refractivity contribution in [2.24, 2.45) is 0 Å². The minimum atomic E-state index is 0.0723. The van der Waals surface area contributed by atoms with Gasteiger partial charge in [-0.1, -0.05) is 15.9 Å². The van der Waals surface area contributed by atoms with Crippen LogP contribution in [0, 0.1) is 0 Å². The number of amides is 1. The van der Waals surface area contributed by atoms with Gasteiger partial charge in [-0.2, -0.15) is 0 Å². The first kappa shape index (κ1) is 14.0. The monoisotopic (exact) mass is 374 g/mol. The van der Waals surface area contributed by atoms with Crippen molar-refractivity contribution in [2.45, 2.75) is 18.9 Å². The zero-order valence-electron chi connectivity index (χ0n) is 10.2. The van der Waals surface area contributed by atoms with Crippen LogP contribution in [0.5, 0.6) is 0 Å². The van der Waals surface area contributed by atoms with Gasteiger partial charge in [0.25, 0.3) is 5.91 Å². The molecule has 1 atom stereocenters. The van der Waals surface area contributed by atoms with Crippen molar-refractivity contribution in [1.29, 1.82) is 0 Å². The van der Waals surface area contributed by atoms with Crippen LogP contribution in [0.25, 0.3) is 0 Å². The molecule has 2 rings (SSSR count). The lowest BCUT2D eigenvalue weighted by molar-refractivity contribution is 0.0707. The second-order valence-electron chi connectivity index (χ2n) is 4.54. The number of halogens is 2. The molecule has 98 valence electrons. The van der Waals surface area contributed by atoms with Gasteiger partial charge in [-0.15, -0.1) is 0 Å². The maximum absolute atomic E-state index is 12.4. The highest BCUT2D eigenvalue weighted by molar-refractivity contribution is 9.11. The summed E-state index contributed by atoms with van der Waals surface area (Å²) in [6.45, 7) is 1.94. The summed E-state index contributed by atoms with van der Waals surface area (Å²) in [5.41, 5.74) is 0.714. The molecule has 18 heavy (non-hydrogen) atoms. The summed E-state index contributed by atoms with van der Waals surface area (Å²) < 4.78 is 1.80. The molecule has 0 bridgehead atoms. The third-order valence-electron chi connectivity index (χ3n) is 3.30. The molecule has 1 unspecified atom stereocenters. The molecule has 1 N–H and O–H groups in total. The predicted molar refractivity (Wildman–Crippen MR) is 79.8 cm³/mol. The number of benzene rings is 1. The normalized spacial score (nSPS) is 19.6. The van der Waals surface area contributed by atoms with E-state index in [1.54, 1.807) is 0 Å². The molecule has 0 aromatic heterocycles. The Hall–Kier alpha value is -0.390. The second kappa shape index (κ2) is 6.17. The van der Waals surface area contributed by atoms with Gasteiger partial charge in [0, 0.05) is 28.6 Å². The van der Waals surface area contributed by atoms with E-state index in [4.69, 9.17) is 0 Å². The first-order valence-corrected chi connectivity index (χ1v) is 7.61. The fourth-order valence-corrected chi connectivity index (χ4v) is 3.40. The lowest BCUT2D eigenvalue weighted by atomic mass is 10.1. The highest BCUT2D eigenvalue weighted by atomic mass is 79.9. The summed E-state index contributed by atoms with van der Waals surface area (Å²) in [5.74, 6) is 0.0723. The van der Waals surface area contributed by atoms with Crippen LogP contribution in [0.15, 0.2) is 27.1 Å². The van der Waals surface area contributed by atoms with Gasteiger partial charge in [0.2, 0.25) is 0 Å². The van der Waals surface area contributed by atoms with E-state index in [1.807, 2.05) is 30.1 Å². The van der Waals surface area contributed by atoms with Gasteiger partial charge in [-0.25, -0.2) is 0 Å². The molecule has 0 spiro atoms. The number of nitrogens with one attached hydrogen (secondary N) is 1. The zero-order valence-corrected chi connectivity index (χ0v) is 13.4. The van der Waals surface area contributed by atoms with Crippen LogP contribution < -0.4 is 5.32 Å². The van der Waals surface area contributed by atoms with E-state index >= 15 is 0 Å². The Morgan fingerprint density at radius 3 is 2.83 bits per heavy atom. The average Bonchev–Trinajstić information content (AvgIpc) is 2.38. The number of hydrogen-bond acceptors (Lipinski definition) is 2. The average molecular weight is 376 g/mol. The molecule has 1 aliphatic heterocycles. The molecule has 0 radical (unpaired) electrons. The van der Waals surface area contributed by atoms with Crippen molar-refractivity contribution in [1.82, 2.24) is 10.2 Å². The molecule has 3 nitrogen and oxygen atoms in total. The largest absolute Gasteiger partial charge is 0.337 e. The van der Waals surface area contributed by atoms with Gasteiger partial charge in [0.1, 0.15) is 0 Å². The number of piperidine rings is 1. The number of likely N-dealkylation sites (N-methyl/N-ethyl adjacent to an activating group) is 1. The van der Waals surface area contributed by atoms with E-state index in [-0.39, 0.29) is 5.91 Å². The summed E-state index contributed by atoms with van der Waals surface area (Å²) in [7, 11) is 1.88. The zero-order chi connectivity index (χ0) is 13.1. The Balaban J connectivity index is 2.14. The van der Waals surface area contributed by atoms with Gasteiger partial charge in [-0.05, 0) is 53.5 Å². The standard InChI is InChI=1S/C13H16Br2N2O/c1-17(10-3-2-6-16-8-10)13(18)11-5-4-9(14)7-12(11)15/h4-5,7,10,16H,2-3,6,8H2,1H3. The molecule has 1 fully saturated rings. The smallest absolute Gasteiger partial charge is 0.255 e. The maximum Gasteiger partial charge on any atom is 0.255 e. The van der Waals surface area contributed by atoms with Gasteiger partial charge in [-0.3, -0.25) is 4.79 Å². The number of rotatable bonds is 2. The first-order valence-electron chi connectivity index (χ1n) is 6.02. The Labute approximate surface area is 124 Å². The molecule has 1 aliphatic rings. The van der Waals surface area contributed by atoms with Crippen LogP contribution in [0.4, 0.5) is 0 Å². The van der Waals surface area contributed by atoms with Crippen molar-refractivity contribution in [3.63, 3.8) is 0 Å². The summed E-state index contributed by atoms with van der Waals surface area (Å²) in [5, 5.41) is 3.33. The highest BCUT2D eigenvalue weighted by Gasteiger charge is 2.23. The third kappa shape index (κ3) is 3.13. The van der Waals surface area contributed by atoms with Gasteiger partial charge < -0.3 is 10.2 Å². The van der Waals surface area contributed by atoms with E-state index in [0.29, 0.717) is 11.6 Å². The molecular weight excluding hydrogens is 360 g/mol. The molecule has 0 aliphatic carbocycles. The number of nitrogens with zero attached hydrogens (tertiary/aromatic N) is 1. The van der Waals surface area contributed by atoms with E-state index in [1.165, 1.54) is 0 Å². The van der Waals surface area contributed by atoms with Crippen molar-refractivity contribution in [2.75, 3.05) is 20.1 Å². The fraction of sp³-hybridized carbons (Fsp3) is 0.462. The van der Waals surface area contributed by atoms with Crippen LogP contribution in [0.2, 0.25) is 0 Å². The minimum absolute atomic E-state index is 0.0723. The lowest BCUT2D eigenvalue weighted by Gasteiger charge is -2.32. The molecule has 1 saturated heterocycles. The topological polar surface area (TPSA) is 32.3 Å². The molecule has 1 aromatic rings. The van der Waals surface area contributed by atoms with Crippen molar-refractivity contribution < 1.29 is 4.79 Å². The molecular formula is C13H16Br2N2O. The number of carbonyl (C=O) groups is 1. The van der Waals surface area contributed by atoms with Gasteiger partial charge in [0.15, 0.2) is 0 Å². The van der Waals surface area contributed by atoms with Crippen LogP contribution in [0.3, 0.4) is 0 Å². The van der Waals surface area contributed by atoms with Gasteiger partial charge >= 0.3 is 0 Å². The van der Waals surface area contributed by atoms with Crippen LogP contribution >= 0.6 is 31.9 Å². The minimum Gasteiger partial charge on any atom is -0.337 e. The summed E-state index contributed by atoms with van der Waals surface area (Å²) in [6, 6.07) is 5.94. The van der Waals surface area contributed by atoms with E-state index in [9.17, 15) is 4.79 Å². The molecule has 1 amide bonds. The van der Waals surface area contributed by atoms with Crippen molar-refractivity contribution in [3.05, 3.63) is 32.7 Å². The molecule has 1 heterocycles. The number of hydrogen-bond donors (Lipinski definition) is 1. The van der Waals surface area contributed by atoms with E-state index in [0.717, 1.165) is 34.9 Å². The Morgan fingerprint density at radius 2 is 2.22 bits per heavy atom. The fourth-order valence-electron chi connectivity index (χ4n) is 2.18. The van der Waals surface area contributed by atoms with Crippen molar-refractivity contribution in [3.8, 4) is 0 Å². The quantitative estimate of drug-likeness (QED) is 0.861. The Kier molecular flexibility index (Phi) is 4.81. The number of carbonyl (C=O) groups excluding carboxylic acids is 1. The van der Waals surface area contributed by atoms with Gasteiger partial charge in [0.05, 0.1) is 5.56 Å². The van der Waals surface area contributed by atoms with E-state index < -0.39 is 0 Å².